The maximum absolute atomic E-state index is 12.4. The van der Waals surface area contributed by atoms with Crippen molar-refractivity contribution in [3.63, 3.8) is 0 Å². The van der Waals surface area contributed by atoms with Gasteiger partial charge in [-0.2, -0.15) is 23.7 Å². The number of hydrogen-bond acceptors (Lipinski definition) is 8. The first kappa shape index (κ1) is 22.0. The Kier molecular flexibility index (Phi) is 7.03. The standard InChI is InChI=1S/C18H16F2N6O4S/c1-29-13-6-10(2-3-12(13)30-16(19)20)4-5-22-14(27)9-31-17-24-15-11(7-21)8-23-26(15)18(28)25-17/h2-3,6,8,16H,4-5,9H2,1H3,(H,22,27)(H,24,25,28). The molecule has 1 amide bonds. The third-order valence-electron chi connectivity index (χ3n) is 4.00. The second-order valence-electron chi connectivity index (χ2n) is 6.00. The lowest BCUT2D eigenvalue weighted by Gasteiger charge is -2.11. The number of aromatic nitrogens is 4. The molecule has 31 heavy (non-hydrogen) atoms. The predicted octanol–water partition coefficient (Wildman–Crippen LogP) is 1.35. The first-order valence-electron chi connectivity index (χ1n) is 8.80. The molecule has 2 aromatic heterocycles. The summed E-state index contributed by atoms with van der Waals surface area (Å²) in [4.78, 5) is 30.7. The van der Waals surface area contributed by atoms with Crippen molar-refractivity contribution >= 4 is 23.3 Å². The molecule has 162 valence electrons. The van der Waals surface area contributed by atoms with Crippen LogP contribution in [0.3, 0.4) is 0 Å². The molecule has 0 aliphatic rings. The van der Waals surface area contributed by atoms with Crippen LogP contribution in [0, 0.1) is 11.3 Å². The summed E-state index contributed by atoms with van der Waals surface area (Å²) in [5.41, 5.74) is 0.454. The number of fused-ring (bicyclic) bond motifs is 1. The summed E-state index contributed by atoms with van der Waals surface area (Å²) in [6.07, 6.45) is 1.67. The molecular formula is C18H16F2N6O4S. The Hall–Kier alpha value is -3.66. The average Bonchev–Trinajstić information content (AvgIpc) is 3.16. The lowest BCUT2D eigenvalue weighted by atomic mass is 10.1. The molecule has 0 aliphatic carbocycles. The van der Waals surface area contributed by atoms with Crippen LogP contribution in [0.15, 0.2) is 34.3 Å². The lowest BCUT2D eigenvalue weighted by Crippen LogP contribution is -2.27. The fourth-order valence-corrected chi connectivity index (χ4v) is 3.29. The molecule has 3 aromatic rings. The molecule has 0 unspecified atom stereocenters. The minimum absolute atomic E-state index is 0.0143. The van der Waals surface area contributed by atoms with Crippen molar-refractivity contribution in [3.05, 3.63) is 46.0 Å². The van der Waals surface area contributed by atoms with E-state index in [1.54, 1.807) is 12.1 Å². The van der Waals surface area contributed by atoms with Crippen LogP contribution in [0.25, 0.3) is 5.65 Å². The number of carbonyl (C=O) groups is 1. The predicted molar refractivity (Wildman–Crippen MR) is 105 cm³/mol. The smallest absolute Gasteiger partial charge is 0.387 e. The van der Waals surface area contributed by atoms with E-state index in [0.717, 1.165) is 21.8 Å². The largest absolute Gasteiger partial charge is 0.493 e. The van der Waals surface area contributed by atoms with E-state index in [2.05, 4.69) is 25.1 Å². The summed E-state index contributed by atoms with van der Waals surface area (Å²) in [6, 6.07) is 6.43. The van der Waals surface area contributed by atoms with Crippen molar-refractivity contribution in [3.8, 4) is 17.6 Å². The van der Waals surface area contributed by atoms with Gasteiger partial charge in [0, 0.05) is 6.54 Å². The Morgan fingerprint density at radius 3 is 2.94 bits per heavy atom. The zero-order valence-corrected chi connectivity index (χ0v) is 16.9. The molecule has 2 heterocycles. The number of carbonyl (C=O) groups excluding carboxylic acids is 1. The number of nitrogens with one attached hydrogen (secondary N) is 2. The third kappa shape index (κ3) is 5.48. The number of ether oxygens (including phenoxy) is 2. The highest BCUT2D eigenvalue weighted by atomic mass is 32.2. The normalized spacial score (nSPS) is 10.8. The summed E-state index contributed by atoms with van der Waals surface area (Å²) < 4.78 is 35.1. The number of amides is 1. The average molecular weight is 450 g/mol. The van der Waals surface area contributed by atoms with Gasteiger partial charge in [-0.25, -0.2) is 9.78 Å². The van der Waals surface area contributed by atoms with Crippen LogP contribution in [0.5, 0.6) is 11.5 Å². The number of alkyl halides is 2. The van der Waals surface area contributed by atoms with Crippen LogP contribution in [0.2, 0.25) is 0 Å². The summed E-state index contributed by atoms with van der Waals surface area (Å²) >= 11 is 1.00. The molecule has 2 N–H and O–H groups in total. The van der Waals surface area contributed by atoms with Crippen molar-refractivity contribution in [2.75, 3.05) is 19.4 Å². The van der Waals surface area contributed by atoms with Gasteiger partial charge >= 0.3 is 12.3 Å². The quantitative estimate of drug-likeness (QED) is 0.467. The number of thioether (sulfide) groups is 1. The van der Waals surface area contributed by atoms with Crippen LogP contribution in [-0.2, 0) is 11.2 Å². The molecule has 1 aromatic carbocycles. The Balaban J connectivity index is 1.52. The molecule has 0 saturated heterocycles. The number of H-pyrrole nitrogens is 1. The maximum atomic E-state index is 12.4. The van der Waals surface area contributed by atoms with Gasteiger partial charge in [0.05, 0.1) is 19.1 Å². The molecule has 0 bridgehead atoms. The molecule has 0 aliphatic heterocycles. The first-order chi connectivity index (χ1) is 14.9. The van der Waals surface area contributed by atoms with Crippen molar-refractivity contribution in [2.24, 2.45) is 0 Å². The van der Waals surface area contributed by atoms with Crippen molar-refractivity contribution < 1.29 is 23.0 Å². The molecule has 13 heteroatoms. The van der Waals surface area contributed by atoms with Gasteiger partial charge in [-0.05, 0) is 24.1 Å². The number of rotatable bonds is 9. The number of halogens is 2. The van der Waals surface area contributed by atoms with Crippen LogP contribution < -0.4 is 20.5 Å². The van der Waals surface area contributed by atoms with E-state index in [-0.39, 0.29) is 39.5 Å². The number of nitrogens with zero attached hydrogens (tertiary/aromatic N) is 4. The molecule has 0 fully saturated rings. The van der Waals surface area contributed by atoms with E-state index in [0.29, 0.717) is 13.0 Å². The zero-order chi connectivity index (χ0) is 22.4. The Morgan fingerprint density at radius 1 is 1.42 bits per heavy atom. The Labute approximate surface area is 178 Å². The number of hydrogen-bond donors (Lipinski definition) is 2. The van der Waals surface area contributed by atoms with E-state index in [1.807, 2.05) is 6.07 Å². The summed E-state index contributed by atoms with van der Waals surface area (Å²) in [5.74, 6) is -0.217. The fraction of sp³-hybridized carbons (Fsp3) is 0.278. The Bertz CT molecular complexity index is 1190. The summed E-state index contributed by atoms with van der Waals surface area (Å²) in [6.45, 7) is -2.66. The molecular weight excluding hydrogens is 434 g/mol. The van der Waals surface area contributed by atoms with Crippen LogP contribution in [-0.4, -0.2) is 51.5 Å². The molecule has 0 saturated carbocycles. The highest BCUT2D eigenvalue weighted by Crippen LogP contribution is 2.29. The molecule has 10 nitrogen and oxygen atoms in total. The second kappa shape index (κ2) is 9.90. The van der Waals surface area contributed by atoms with Crippen LogP contribution in [0.1, 0.15) is 11.1 Å². The van der Waals surface area contributed by atoms with E-state index in [4.69, 9.17) is 10.00 Å². The number of methoxy groups -OCH3 is 1. The van der Waals surface area contributed by atoms with Gasteiger partial charge in [0.15, 0.2) is 22.3 Å². The second-order valence-corrected chi connectivity index (χ2v) is 6.97. The van der Waals surface area contributed by atoms with Gasteiger partial charge in [0.2, 0.25) is 5.91 Å². The third-order valence-corrected chi connectivity index (χ3v) is 4.87. The first-order valence-corrected chi connectivity index (χ1v) is 9.79. The maximum Gasteiger partial charge on any atom is 0.387 e. The Morgan fingerprint density at radius 2 is 2.23 bits per heavy atom. The highest BCUT2D eigenvalue weighted by Gasteiger charge is 2.13. The molecule has 0 spiro atoms. The van der Waals surface area contributed by atoms with Crippen LogP contribution >= 0.6 is 11.8 Å². The highest BCUT2D eigenvalue weighted by molar-refractivity contribution is 7.99. The van der Waals surface area contributed by atoms with Gasteiger partial charge in [-0.1, -0.05) is 17.8 Å². The van der Waals surface area contributed by atoms with E-state index < -0.39 is 12.3 Å². The lowest BCUT2D eigenvalue weighted by molar-refractivity contribution is -0.118. The van der Waals surface area contributed by atoms with Gasteiger partial charge in [0.1, 0.15) is 11.6 Å². The zero-order valence-electron chi connectivity index (χ0n) is 16.1. The molecule has 0 radical (unpaired) electrons. The monoisotopic (exact) mass is 450 g/mol. The van der Waals surface area contributed by atoms with Crippen molar-refractivity contribution in [2.45, 2.75) is 18.2 Å². The SMILES string of the molecule is COc1cc(CCNC(=O)CSc2nc3c(C#N)cnn3c(=O)[nH]2)ccc1OC(F)F. The topological polar surface area (TPSA) is 134 Å². The van der Waals surface area contributed by atoms with Crippen molar-refractivity contribution in [1.29, 1.82) is 5.26 Å². The van der Waals surface area contributed by atoms with E-state index in [1.165, 1.54) is 19.4 Å². The number of benzene rings is 1. The van der Waals surface area contributed by atoms with Gasteiger partial charge in [0.25, 0.3) is 0 Å². The summed E-state index contributed by atoms with van der Waals surface area (Å²) in [5, 5.41) is 15.7. The van der Waals surface area contributed by atoms with E-state index >= 15 is 0 Å². The van der Waals surface area contributed by atoms with Gasteiger partial charge < -0.3 is 14.8 Å². The van der Waals surface area contributed by atoms with E-state index in [9.17, 15) is 18.4 Å². The fourth-order valence-electron chi connectivity index (χ4n) is 2.61. The summed E-state index contributed by atoms with van der Waals surface area (Å²) in [7, 11) is 1.34. The number of nitriles is 1. The minimum Gasteiger partial charge on any atom is -0.493 e. The molecule has 3 rings (SSSR count). The molecule has 0 atom stereocenters. The van der Waals surface area contributed by atoms with Crippen molar-refractivity contribution in [1.82, 2.24) is 24.9 Å². The number of aromatic amines is 1. The van der Waals surface area contributed by atoms with Crippen LogP contribution in [0.4, 0.5) is 8.78 Å². The minimum atomic E-state index is -2.96. The van der Waals surface area contributed by atoms with Gasteiger partial charge in [-0.3, -0.25) is 9.78 Å². The van der Waals surface area contributed by atoms with Gasteiger partial charge in [-0.15, -0.1) is 0 Å².